The van der Waals surface area contributed by atoms with Crippen LogP contribution in [-0.2, 0) is 6.54 Å². The number of ketones is 1. The van der Waals surface area contributed by atoms with Crippen LogP contribution in [-0.4, -0.2) is 16.1 Å². The van der Waals surface area contributed by atoms with E-state index >= 15 is 0 Å². The van der Waals surface area contributed by atoms with Gasteiger partial charge in [-0.1, -0.05) is 18.2 Å². The van der Waals surface area contributed by atoms with Crippen LogP contribution in [0.4, 0.5) is 4.39 Å². The van der Waals surface area contributed by atoms with Crippen LogP contribution < -0.4 is 0 Å². The van der Waals surface area contributed by atoms with Crippen LogP contribution in [0.2, 0.25) is 0 Å². The number of carbonyl (C=O) groups is 1. The van der Waals surface area contributed by atoms with Crippen molar-refractivity contribution < 1.29 is 9.18 Å². The second kappa shape index (κ2) is 7.33. The lowest BCUT2D eigenvalue weighted by Gasteiger charge is -2.01. The molecule has 0 saturated carbocycles. The molecule has 0 aliphatic heterocycles. The number of rotatable bonds is 6. The Morgan fingerprint density at radius 2 is 1.92 bits per heavy atom. The molecular formula is C19H15FN2OS. The van der Waals surface area contributed by atoms with Gasteiger partial charge >= 0.3 is 0 Å². The fraction of sp³-hybridized carbons (Fsp3) is 0.158. The van der Waals surface area contributed by atoms with Gasteiger partial charge in [-0.25, -0.2) is 4.39 Å². The first-order chi connectivity index (χ1) is 11.7. The summed E-state index contributed by atoms with van der Waals surface area (Å²) in [6.07, 6.45) is 2.23. The SMILES string of the molecule is N#CCCn1cc(C(=O)CSc2ccc(F)cc2)c2ccccc21. The van der Waals surface area contributed by atoms with E-state index in [4.69, 9.17) is 5.26 Å². The first-order valence-electron chi connectivity index (χ1n) is 7.55. The summed E-state index contributed by atoms with van der Waals surface area (Å²) in [4.78, 5) is 13.5. The zero-order valence-corrected chi connectivity index (χ0v) is 13.7. The van der Waals surface area contributed by atoms with Crippen molar-refractivity contribution in [3.63, 3.8) is 0 Å². The van der Waals surface area contributed by atoms with E-state index in [9.17, 15) is 9.18 Å². The van der Waals surface area contributed by atoms with Gasteiger partial charge in [-0.3, -0.25) is 4.79 Å². The number of para-hydroxylation sites is 1. The number of benzene rings is 2. The highest BCUT2D eigenvalue weighted by Crippen LogP contribution is 2.25. The molecule has 0 radical (unpaired) electrons. The minimum Gasteiger partial charge on any atom is -0.346 e. The van der Waals surface area contributed by atoms with E-state index in [1.54, 1.807) is 12.1 Å². The predicted molar refractivity (Wildman–Crippen MR) is 93.6 cm³/mol. The Labute approximate surface area is 143 Å². The smallest absolute Gasteiger partial charge is 0.175 e. The van der Waals surface area contributed by atoms with E-state index < -0.39 is 0 Å². The highest BCUT2D eigenvalue weighted by molar-refractivity contribution is 8.00. The minimum absolute atomic E-state index is 0.0243. The Morgan fingerprint density at radius 1 is 1.17 bits per heavy atom. The summed E-state index contributed by atoms with van der Waals surface area (Å²) in [7, 11) is 0. The molecule has 24 heavy (non-hydrogen) atoms. The normalized spacial score (nSPS) is 10.7. The molecule has 3 nitrogen and oxygen atoms in total. The van der Waals surface area contributed by atoms with Crippen molar-refractivity contribution in [2.45, 2.75) is 17.9 Å². The number of aryl methyl sites for hydroxylation is 1. The molecule has 0 fully saturated rings. The number of fused-ring (bicyclic) bond motifs is 1. The van der Waals surface area contributed by atoms with Crippen molar-refractivity contribution >= 4 is 28.4 Å². The zero-order valence-electron chi connectivity index (χ0n) is 12.9. The van der Waals surface area contributed by atoms with Gasteiger partial charge in [0.15, 0.2) is 5.78 Å². The Morgan fingerprint density at radius 3 is 2.67 bits per heavy atom. The fourth-order valence-corrected chi connectivity index (χ4v) is 3.36. The molecular weight excluding hydrogens is 323 g/mol. The van der Waals surface area contributed by atoms with Crippen molar-refractivity contribution in [2.75, 3.05) is 5.75 Å². The third kappa shape index (κ3) is 3.50. The first-order valence-corrected chi connectivity index (χ1v) is 8.54. The van der Waals surface area contributed by atoms with Crippen LogP contribution in [0.3, 0.4) is 0 Å². The second-order valence-corrected chi connectivity index (χ2v) is 6.38. The van der Waals surface area contributed by atoms with Crippen molar-refractivity contribution in [2.24, 2.45) is 0 Å². The summed E-state index contributed by atoms with van der Waals surface area (Å²) in [6.45, 7) is 0.565. The quantitative estimate of drug-likeness (QED) is 0.485. The van der Waals surface area contributed by atoms with E-state index in [2.05, 4.69) is 6.07 Å². The highest BCUT2D eigenvalue weighted by Gasteiger charge is 2.15. The van der Waals surface area contributed by atoms with E-state index in [0.29, 0.717) is 18.5 Å². The summed E-state index contributed by atoms with van der Waals surface area (Å²) in [6, 6.07) is 16.0. The molecule has 3 aromatic rings. The van der Waals surface area contributed by atoms with E-state index in [-0.39, 0.29) is 17.4 Å². The van der Waals surface area contributed by atoms with Gasteiger partial charge in [-0.05, 0) is 30.3 Å². The maximum absolute atomic E-state index is 12.9. The number of hydrogen-bond acceptors (Lipinski definition) is 3. The molecule has 0 atom stereocenters. The number of Topliss-reactive ketones (excluding diaryl/α,β-unsaturated/α-hetero) is 1. The van der Waals surface area contributed by atoms with Crippen LogP contribution >= 0.6 is 11.8 Å². The zero-order chi connectivity index (χ0) is 16.9. The topological polar surface area (TPSA) is 45.8 Å². The Bertz CT molecular complexity index is 909. The van der Waals surface area contributed by atoms with Crippen molar-refractivity contribution in [1.29, 1.82) is 5.26 Å². The van der Waals surface area contributed by atoms with Gasteiger partial charge in [0, 0.05) is 34.1 Å². The van der Waals surface area contributed by atoms with Crippen LogP contribution in [0, 0.1) is 17.1 Å². The number of thioether (sulfide) groups is 1. The summed E-state index contributed by atoms with van der Waals surface area (Å²) < 4.78 is 14.9. The van der Waals surface area contributed by atoms with E-state index in [1.807, 2.05) is 35.0 Å². The van der Waals surface area contributed by atoms with Crippen LogP contribution in [0.15, 0.2) is 59.6 Å². The Hall–Kier alpha value is -2.58. The van der Waals surface area contributed by atoms with Gasteiger partial charge in [0.05, 0.1) is 18.2 Å². The molecule has 0 amide bonds. The molecule has 0 saturated heterocycles. The van der Waals surface area contributed by atoms with Gasteiger partial charge < -0.3 is 4.57 Å². The molecule has 1 aromatic heterocycles. The van der Waals surface area contributed by atoms with Crippen molar-refractivity contribution in [1.82, 2.24) is 4.57 Å². The lowest BCUT2D eigenvalue weighted by Crippen LogP contribution is -2.02. The monoisotopic (exact) mass is 338 g/mol. The molecule has 0 bridgehead atoms. The van der Waals surface area contributed by atoms with Crippen LogP contribution in [0.25, 0.3) is 10.9 Å². The lowest BCUT2D eigenvalue weighted by atomic mass is 10.1. The predicted octanol–water partition coefficient (Wildman–Crippen LogP) is 4.67. The maximum Gasteiger partial charge on any atom is 0.175 e. The molecule has 0 unspecified atom stereocenters. The lowest BCUT2D eigenvalue weighted by molar-refractivity contribution is 0.102. The van der Waals surface area contributed by atoms with Gasteiger partial charge in [0.2, 0.25) is 0 Å². The summed E-state index contributed by atoms with van der Waals surface area (Å²) in [5.41, 5.74) is 1.63. The van der Waals surface area contributed by atoms with Gasteiger partial charge in [0.1, 0.15) is 5.82 Å². The molecule has 120 valence electrons. The molecule has 0 aliphatic carbocycles. The van der Waals surface area contributed by atoms with E-state index in [1.165, 1.54) is 23.9 Å². The molecule has 2 aromatic carbocycles. The molecule has 0 aliphatic rings. The van der Waals surface area contributed by atoms with Gasteiger partial charge in [0.25, 0.3) is 0 Å². The summed E-state index contributed by atoms with van der Waals surface area (Å²) >= 11 is 1.39. The van der Waals surface area contributed by atoms with Crippen LogP contribution in [0.1, 0.15) is 16.8 Å². The Balaban J connectivity index is 1.81. The minimum atomic E-state index is -0.286. The average Bonchev–Trinajstić information content (AvgIpc) is 2.98. The molecule has 0 N–H and O–H groups in total. The highest BCUT2D eigenvalue weighted by atomic mass is 32.2. The van der Waals surface area contributed by atoms with E-state index in [0.717, 1.165) is 15.8 Å². The van der Waals surface area contributed by atoms with Gasteiger partial charge in [-0.2, -0.15) is 5.26 Å². The third-order valence-corrected chi connectivity index (χ3v) is 4.75. The number of aromatic nitrogens is 1. The fourth-order valence-electron chi connectivity index (χ4n) is 2.58. The molecule has 3 rings (SSSR count). The van der Waals surface area contributed by atoms with Gasteiger partial charge in [-0.15, -0.1) is 11.8 Å². The van der Waals surface area contributed by atoms with Crippen LogP contribution in [0.5, 0.6) is 0 Å². The molecule has 5 heteroatoms. The summed E-state index contributed by atoms with van der Waals surface area (Å²) in [5.74, 6) is 0.0280. The van der Waals surface area contributed by atoms with Crippen molar-refractivity contribution in [3.05, 3.63) is 66.1 Å². The number of halogens is 1. The standard InChI is InChI=1S/C19H15FN2OS/c20-14-6-8-15(9-7-14)24-13-19(23)17-12-22(11-3-10-21)18-5-2-1-4-16(17)18/h1-2,4-9,12H,3,11,13H2. The summed E-state index contributed by atoms with van der Waals surface area (Å²) in [5, 5.41) is 9.69. The maximum atomic E-state index is 12.9. The average molecular weight is 338 g/mol. The number of hydrogen-bond donors (Lipinski definition) is 0. The molecule has 0 spiro atoms. The third-order valence-electron chi connectivity index (χ3n) is 3.74. The Kier molecular flexibility index (Phi) is 4.97. The van der Waals surface area contributed by atoms with Crippen molar-refractivity contribution in [3.8, 4) is 6.07 Å². The largest absolute Gasteiger partial charge is 0.346 e. The first kappa shape index (κ1) is 16.3. The second-order valence-electron chi connectivity index (χ2n) is 5.33. The number of nitrogens with zero attached hydrogens (tertiary/aromatic N) is 2. The number of nitriles is 1. The molecule has 1 heterocycles. The number of carbonyl (C=O) groups excluding carboxylic acids is 1.